The highest BCUT2D eigenvalue weighted by atomic mass is 79.9. The van der Waals surface area contributed by atoms with Gasteiger partial charge in [-0.2, -0.15) is 0 Å². The van der Waals surface area contributed by atoms with Crippen LogP contribution < -0.4 is 9.47 Å². The molecule has 0 heterocycles. The van der Waals surface area contributed by atoms with E-state index in [0.29, 0.717) is 21.5 Å². The first-order chi connectivity index (χ1) is 10.0. The number of ether oxygens (including phenoxy) is 2. The minimum absolute atomic E-state index is 0.214. The molecule has 2 rings (SSSR count). The maximum absolute atomic E-state index is 11.1. The van der Waals surface area contributed by atoms with E-state index in [1.165, 1.54) is 6.92 Å². The van der Waals surface area contributed by atoms with Gasteiger partial charge >= 0.3 is 5.97 Å². The quantitative estimate of drug-likeness (QED) is 0.843. The van der Waals surface area contributed by atoms with Crippen molar-refractivity contribution in [2.24, 2.45) is 0 Å². The zero-order valence-corrected chi connectivity index (χ0v) is 13.5. The molecule has 0 atom stereocenters. The summed E-state index contributed by atoms with van der Waals surface area (Å²) in [5.74, 6) is 0.283. The molecule has 0 unspecified atom stereocenters. The lowest BCUT2D eigenvalue weighted by atomic mass is 10.0. The van der Waals surface area contributed by atoms with Gasteiger partial charge in [-0.15, -0.1) is 0 Å². The summed E-state index contributed by atoms with van der Waals surface area (Å²) in [6.07, 6.45) is 1.57. The molecule has 21 heavy (non-hydrogen) atoms. The molecule has 2 aromatic rings. The van der Waals surface area contributed by atoms with Crippen molar-refractivity contribution in [2.45, 2.75) is 6.92 Å². The fourth-order valence-electron chi connectivity index (χ4n) is 2.19. The van der Waals surface area contributed by atoms with Gasteiger partial charge in [0.05, 0.1) is 18.7 Å². The highest BCUT2D eigenvalue weighted by Gasteiger charge is 2.18. The Bertz CT molecular complexity index is 735. The van der Waals surface area contributed by atoms with Gasteiger partial charge in [0, 0.05) is 21.9 Å². The van der Waals surface area contributed by atoms with Crippen molar-refractivity contribution in [2.75, 3.05) is 14.2 Å². The molecule has 0 radical (unpaired) electrons. The normalized spacial score (nSPS) is 11.5. The van der Waals surface area contributed by atoms with E-state index in [2.05, 4.69) is 15.9 Å². The van der Waals surface area contributed by atoms with Gasteiger partial charge in [0.1, 0.15) is 11.5 Å². The molecule has 0 saturated carbocycles. The Kier molecular flexibility index (Phi) is 4.53. The first-order valence-electron chi connectivity index (χ1n) is 6.25. The van der Waals surface area contributed by atoms with E-state index in [1.54, 1.807) is 20.3 Å². The maximum Gasteiger partial charge on any atom is 0.331 e. The summed E-state index contributed by atoms with van der Waals surface area (Å²) in [6, 6.07) is 7.65. The highest BCUT2D eigenvalue weighted by Crippen LogP contribution is 2.44. The number of fused-ring (bicyclic) bond motifs is 1. The zero-order chi connectivity index (χ0) is 15.6. The van der Waals surface area contributed by atoms with Crippen molar-refractivity contribution < 1.29 is 19.4 Å². The second kappa shape index (κ2) is 6.18. The van der Waals surface area contributed by atoms with Crippen LogP contribution in [0.1, 0.15) is 12.5 Å². The fraction of sp³-hybridized carbons (Fsp3) is 0.188. The van der Waals surface area contributed by atoms with Crippen LogP contribution in [0.25, 0.3) is 16.8 Å². The van der Waals surface area contributed by atoms with Gasteiger partial charge in [-0.05, 0) is 28.9 Å². The van der Waals surface area contributed by atoms with Crippen LogP contribution in [0.3, 0.4) is 0 Å². The number of carboxylic acids is 1. The van der Waals surface area contributed by atoms with E-state index >= 15 is 0 Å². The smallest absolute Gasteiger partial charge is 0.331 e. The summed E-state index contributed by atoms with van der Waals surface area (Å²) in [4.78, 5) is 11.1. The van der Waals surface area contributed by atoms with Crippen LogP contribution in [0, 0.1) is 0 Å². The molecule has 0 aliphatic carbocycles. The number of carbonyl (C=O) groups is 1. The molecule has 110 valence electrons. The van der Waals surface area contributed by atoms with E-state index in [1.807, 2.05) is 24.3 Å². The van der Waals surface area contributed by atoms with Crippen molar-refractivity contribution in [3.05, 3.63) is 39.9 Å². The fourth-order valence-corrected chi connectivity index (χ4v) is 2.86. The lowest BCUT2D eigenvalue weighted by Crippen LogP contribution is -1.99. The Labute approximate surface area is 131 Å². The summed E-state index contributed by atoms with van der Waals surface area (Å²) in [6.45, 7) is 1.54. The van der Waals surface area contributed by atoms with Crippen LogP contribution in [-0.4, -0.2) is 25.3 Å². The van der Waals surface area contributed by atoms with Crippen molar-refractivity contribution in [1.29, 1.82) is 0 Å². The Balaban J connectivity index is 2.90. The molecule has 0 spiro atoms. The lowest BCUT2D eigenvalue weighted by molar-refractivity contribution is -0.132. The predicted octanol–water partition coefficient (Wildman–Crippen LogP) is 4.11. The third-order valence-electron chi connectivity index (χ3n) is 3.20. The van der Waals surface area contributed by atoms with Crippen LogP contribution in [0.15, 0.2) is 34.3 Å². The predicted molar refractivity (Wildman–Crippen MR) is 86.0 cm³/mol. The van der Waals surface area contributed by atoms with E-state index in [4.69, 9.17) is 14.6 Å². The molecule has 0 bridgehead atoms. The van der Waals surface area contributed by atoms with Gasteiger partial charge in [0.15, 0.2) is 0 Å². The van der Waals surface area contributed by atoms with Crippen LogP contribution in [0.4, 0.5) is 0 Å². The zero-order valence-electron chi connectivity index (χ0n) is 11.9. The number of benzene rings is 2. The van der Waals surface area contributed by atoms with Gasteiger partial charge in [-0.3, -0.25) is 0 Å². The summed E-state index contributed by atoms with van der Waals surface area (Å²) in [5, 5.41) is 10.8. The molecule has 0 aliphatic rings. The third kappa shape index (κ3) is 2.74. The summed E-state index contributed by atoms with van der Waals surface area (Å²) < 4.78 is 11.6. The van der Waals surface area contributed by atoms with Crippen LogP contribution >= 0.6 is 15.9 Å². The Morgan fingerprint density at radius 1 is 1.14 bits per heavy atom. The first kappa shape index (κ1) is 15.4. The van der Waals surface area contributed by atoms with Gasteiger partial charge in [-0.25, -0.2) is 4.79 Å². The highest BCUT2D eigenvalue weighted by molar-refractivity contribution is 9.10. The van der Waals surface area contributed by atoms with Gasteiger partial charge in [0.2, 0.25) is 0 Å². The Morgan fingerprint density at radius 3 is 2.14 bits per heavy atom. The van der Waals surface area contributed by atoms with Crippen molar-refractivity contribution in [1.82, 2.24) is 0 Å². The molecule has 0 aromatic heterocycles. The van der Waals surface area contributed by atoms with E-state index in [0.717, 1.165) is 10.8 Å². The second-order valence-electron chi connectivity index (χ2n) is 4.47. The Morgan fingerprint density at radius 2 is 1.67 bits per heavy atom. The summed E-state index contributed by atoms with van der Waals surface area (Å²) in [5.41, 5.74) is 0.860. The summed E-state index contributed by atoms with van der Waals surface area (Å²) >= 11 is 3.49. The minimum atomic E-state index is -0.976. The Hall–Kier alpha value is -2.01. The van der Waals surface area contributed by atoms with E-state index in [9.17, 15) is 4.79 Å². The van der Waals surface area contributed by atoms with E-state index < -0.39 is 5.97 Å². The van der Waals surface area contributed by atoms with Gasteiger partial charge in [-0.1, -0.05) is 24.3 Å². The summed E-state index contributed by atoms with van der Waals surface area (Å²) in [7, 11) is 3.14. The molecular weight excluding hydrogens is 336 g/mol. The maximum atomic E-state index is 11.1. The van der Waals surface area contributed by atoms with Crippen LogP contribution in [-0.2, 0) is 4.79 Å². The average Bonchev–Trinajstić information content (AvgIpc) is 2.48. The number of halogens is 1. The van der Waals surface area contributed by atoms with Crippen molar-refractivity contribution in [3.63, 3.8) is 0 Å². The molecule has 0 amide bonds. The second-order valence-corrected chi connectivity index (χ2v) is 5.27. The molecule has 5 heteroatoms. The molecular formula is C16H15BrO4. The molecule has 0 fully saturated rings. The number of hydrogen-bond donors (Lipinski definition) is 1. The van der Waals surface area contributed by atoms with Crippen molar-refractivity contribution in [3.8, 4) is 11.5 Å². The number of carboxylic acid groups (broad SMARTS) is 1. The lowest BCUT2D eigenvalue weighted by Gasteiger charge is -2.16. The minimum Gasteiger partial charge on any atom is -0.495 e. The first-order valence-corrected chi connectivity index (χ1v) is 7.04. The van der Waals surface area contributed by atoms with Gasteiger partial charge < -0.3 is 14.6 Å². The third-order valence-corrected chi connectivity index (χ3v) is 3.99. The topological polar surface area (TPSA) is 55.8 Å². The number of aliphatic carboxylic acids is 1. The average molecular weight is 351 g/mol. The van der Waals surface area contributed by atoms with Crippen molar-refractivity contribution >= 4 is 38.7 Å². The largest absolute Gasteiger partial charge is 0.495 e. The van der Waals surface area contributed by atoms with Gasteiger partial charge in [0.25, 0.3) is 0 Å². The SMILES string of the molecule is COc1c(Br)c(C=C(C)C(=O)O)c(OC)c2ccccc12. The number of hydrogen-bond acceptors (Lipinski definition) is 3. The number of methoxy groups -OCH3 is 2. The van der Waals surface area contributed by atoms with E-state index in [-0.39, 0.29) is 5.57 Å². The molecule has 0 aliphatic heterocycles. The number of rotatable bonds is 4. The monoisotopic (exact) mass is 350 g/mol. The standard InChI is InChI=1S/C16H15BrO4/c1-9(16(18)19)8-12-13(17)15(21-3)11-7-5-4-6-10(11)14(12)20-2/h4-8H,1-3H3,(H,18,19). The molecule has 2 aromatic carbocycles. The van der Waals surface area contributed by atoms with Crippen LogP contribution in [0.2, 0.25) is 0 Å². The molecule has 4 nitrogen and oxygen atoms in total. The van der Waals surface area contributed by atoms with Crippen LogP contribution in [0.5, 0.6) is 11.5 Å². The molecule has 0 saturated heterocycles. The molecule has 1 N–H and O–H groups in total.